The van der Waals surface area contributed by atoms with Gasteiger partial charge >= 0.3 is 0 Å². The predicted octanol–water partition coefficient (Wildman–Crippen LogP) is 2.27. The zero-order chi connectivity index (χ0) is 11.5. The molecule has 1 aromatic rings. The maximum Gasteiger partial charge on any atom is 0.0472 e. The summed E-state index contributed by atoms with van der Waals surface area (Å²) in [5.74, 6) is 0. The minimum absolute atomic E-state index is 0.531. The van der Waals surface area contributed by atoms with Gasteiger partial charge in [0.2, 0.25) is 0 Å². The van der Waals surface area contributed by atoms with Crippen LogP contribution < -0.4 is 5.32 Å². The van der Waals surface area contributed by atoms with Gasteiger partial charge in [0.05, 0.1) is 0 Å². The molecule has 0 saturated carbocycles. The molecule has 88 valence electrons. The van der Waals surface area contributed by atoms with Crippen LogP contribution in [0, 0.1) is 13.8 Å². The lowest BCUT2D eigenvalue weighted by Gasteiger charge is -2.27. The van der Waals surface area contributed by atoms with E-state index in [1.165, 1.54) is 29.7 Å². The monoisotopic (exact) mass is 218 g/mol. The number of nitrogens with one attached hydrogen (secondary N) is 1. The van der Waals surface area contributed by atoms with E-state index in [-0.39, 0.29) is 0 Å². The van der Waals surface area contributed by atoms with Gasteiger partial charge in [-0.3, -0.25) is 4.90 Å². The second kappa shape index (κ2) is 4.98. The van der Waals surface area contributed by atoms with E-state index in [4.69, 9.17) is 0 Å². The molecule has 2 heteroatoms. The molecule has 1 atom stereocenters. The van der Waals surface area contributed by atoms with E-state index in [1.54, 1.807) is 0 Å². The Morgan fingerprint density at radius 1 is 1.31 bits per heavy atom. The first-order valence-corrected chi connectivity index (χ1v) is 6.16. The third kappa shape index (κ3) is 2.45. The first-order chi connectivity index (χ1) is 7.68. The number of likely N-dealkylation sites (N-methyl/N-ethyl adjacent to an activating group) is 1. The second-order valence-electron chi connectivity index (χ2n) is 4.91. The molecule has 0 radical (unpaired) electrons. The van der Waals surface area contributed by atoms with Gasteiger partial charge in [0, 0.05) is 12.6 Å². The third-order valence-corrected chi connectivity index (χ3v) is 3.52. The van der Waals surface area contributed by atoms with E-state index in [2.05, 4.69) is 49.3 Å². The summed E-state index contributed by atoms with van der Waals surface area (Å²) < 4.78 is 0. The summed E-state index contributed by atoms with van der Waals surface area (Å²) >= 11 is 0. The van der Waals surface area contributed by atoms with Crippen LogP contribution in [-0.2, 0) is 0 Å². The molecule has 1 fully saturated rings. The summed E-state index contributed by atoms with van der Waals surface area (Å²) in [4.78, 5) is 2.47. The number of nitrogens with zero attached hydrogens (tertiary/aromatic N) is 1. The second-order valence-corrected chi connectivity index (χ2v) is 4.91. The van der Waals surface area contributed by atoms with Gasteiger partial charge in [0.1, 0.15) is 0 Å². The average Bonchev–Trinajstić information content (AvgIpc) is 2.44. The number of hydrogen-bond acceptors (Lipinski definition) is 2. The van der Waals surface area contributed by atoms with Crippen LogP contribution in [0.1, 0.15) is 29.2 Å². The van der Waals surface area contributed by atoms with Gasteiger partial charge in [-0.25, -0.2) is 0 Å². The van der Waals surface area contributed by atoms with Crippen molar-refractivity contribution in [2.24, 2.45) is 0 Å². The van der Waals surface area contributed by atoms with Gasteiger partial charge in [-0.2, -0.15) is 0 Å². The third-order valence-electron chi connectivity index (χ3n) is 3.52. The summed E-state index contributed by atoms with van der Waals surface area (Å²) in [7, 11) is 2.23. The molecule has 0 amide bonds. The van der Waals surface area contributed by atoms with Crippen LogP contribution >= 0.6 is 0 Å². The first kappa shape index (κ1) is 11.6. The molecular formula is C14H22N2. The molecule has 2 nitrogen and oxygen atoms in total. The highest BCUT2D eigenvalue weighted by Gasteiger charge is 2.20. The van der Waals surface area contributed by atoms with Gasteiger partial charge in [0.25, 0.3) is 0 Å². The van der Waals surface area contributed by atoms with E-state index in [0.29, 0.717) is 6.04 Å². The Bertz CT molecular complexity index is 360. The molecule has 1 unspecified atom stereocenters. The topological polar surface area (TPSA) is 15.3 Å². The standard InChI is InChI=1S/C14H22N2/c1-11-5-6-13(12(2)9-11)14-10-15-7-4-8-16(14)3/h5-6,9,14-15H,4,7-8,10H2,1-3H3. The minimum Gasteiger partial charge on any atom is -0.315 e. The molecule has 0 aromatic heterocycles. The lowest BCUT2D eigenvalue weighted by molar-refractivity contribution is 0.261. The van der Waals surface area contributed by atoms with E-state index < -0.39 is 0 Å². The molecule has 2 rings (SSSR count). The molecule has 0 aliphatic carbocycles. The smallest absolute Gasteiger partial charge is 0.0472 e. The summed E-state index contributed by atoms with van der Waals surface area (Å²) in [5.41, 5.74) is 4.24. The Labute approximate surface area is 98.7 Å². The van der Waals surface area contributed by atoms with E-state index >= 15 is 0 Å². The Balaban J connectivity index is 2.27. The molecule has 1 heterocycles. The van der Waals surface area contributed by atoms with E-state index in [9.17, 15) is 0 Å². The van der Waals surface area contributed by atoms with Crippen LogP contribution in [0.4, 0.5) is 0 Å². The fraction of sp³-hybridized carbons (Fsp3) is 0.571. The summed E-state index contributed by atoms with van der Waals surface area (Å²) in [6.07, 6.45) is 1.25. The average molecular weight is 218 g/mol. The highest BCUT2D eigenvalue weighted by molar-refractivity contribution is 5.33. The number of rotatable bonds is 1. The highest BCUT2D eigenvalue weighted by atomic mass is 15.2. The fourth-order valence-electron chi connectivity index (χ4n) is 2.55. The van der Waals surface area contributed by atoms with Gasteiger partial charge in [-0.05, 0) is 51.5 Å². The largest absolute Gasteiger partial charge is 0.315 e. The Hall–Kier alpha value is -0.860. The fourth-order valence-corrected chi connectivity index (χ4v) is 2.55. The van der Waals surface area contributed by atoms with Crippen molar-refractivity contribution in [3.05, 3.63) is 34.9 Å². The van der Waals surface area contributed by atoms with Crippen LogP contribution in [0.5, 0.6) is 0 Å². The molecule has 0 spiro atoms. The lowest BCUT2D eigenvalue weighted by atomic mass is 9.98. The van der Waals surface area contributed by atoms with Gasteiger partial charge in [-0.15, -0.1) is 0 Å². The van der Waals surface area contributed by atoms with Crippen molar-refractivity contribution in [3.8, 4) is 0 Å². The van der Waals surface area contributed by atoms with Crippen molar-refractivity contribution in [2.75, 3.05) is 26.7 Å². The molecule has 1 aromatic carbocycles. The van der Waals surface area contributed by atoms with Crippen molar-refractivity contribution in [3.63, 3.8) is 0 Å². The molecular weight excluding hydrogens is 196 g/mol. The van der Waals surface area contributed by atoms with Crippen molar-refractivity contribution in [1.82, 2.24) is 10.2 Å². The highest BCUT2D eigenvalue weighted by Crippen LogP contribution is 2.24. The minimum atomic E-state index is 0.531. The zero-order valence-electron chi connectivity index (χ0n) is 10.6. The van der Waals surface area contributed by atoms with Crippen LogP contribution in [0.3, 0.4) is 0 Å². The Morgan fingerprint density at radius 3 is 2.88 bits per heavy atom. The number of hydrogen-bond donors (Lipinski definition) is 1. The van der Waals surface area contributed by atoms with E-state index in [0.717, 1.165) is 13.1 Å². The van der Waals surface area contributed by atoms with Crippen molar-refractivity contribution < 1.29 is 0 Å². The summed E-state index contributed by atoms with van der Waals surface area (Å²) in [5, 5.41) is 3.53. The lowest BCUT2D eigenvalue weighted by Crippen LogP contribution is -2.30. The molecule has 1 N–H and O–H groups in total. The van der Waals surface area contributed by atoms with Crippen LogP contribution in [0.25, 0.3) is 0 Å². The normalized spacial score (nSPS) is 23.1. The quantitative estimate of drug-likeness (QED) is 0.778. The van der Waals surface area contributed by atoms with Crippen LogP contribution in [0.2, 0.25) is 0 Å². The van der Waals surface area contributed by atoms with Crippen molar-refractivity contribution in [1.29, 1.82) is 0 Å². The maximum absolute atomic E-state index is 3.53. The SMILES string of the molecule is Cc1ccc(C2CNCCCN2C)c(C)c1. The molecule has 1 aliphatic rings. The summed E-state index contributed by atoms with van der Waals surface area (Å²) in [6.45, 7) is 7.78. The zero-order valence-corrected chi connectivity index (χ0v) is 10.6. The van der Waals surface area contributed by atoms with Crippen LogP contribution in [0.15, 0.2) is 18.2 Å². The summed E-state index contributed by atoms with van der Waals surface area (Å²) in [6, 6.07) is 7.33. The number of aryl methyl sites for hydroxylation is 2. The van der Waals surface area contributed by atoms with Crippen molar-refractivity contribution in [2.45, 2.75) is 26.3 Å². The Kier molecular flexibility index (Phi) is 3.62. The van der Waals surface area contributed by atoms with Crippen molar-refractivity contribution >= 4 is 0 Å². The van der Waals surface area contributed by atoms with Gasteiger partial charge in [0.15, 0.2) is 0 Å². The molecule has 0 bridgehead atoms. The molecule has 1 aliphatic heterocycles. The molecule has 1 saturated heterocycles. The number of benzene rings is 1. The molecule has 16 heavy (non-hydrogen) atoms. The predicted molar refractivity (Wildman–Crippen MR) is 68.8 cm³/mol. The Morgan fingerprint density at radius 2 is 2.12 bits per heavy atom. The van der Waals surface area contributed by atoms with Gasteiger partial charge in [-0.1, -0.05) is 23.8 Å². The van der Waals surface area contributed by atoms with E-state index in [1.807, 2.05) is 0 Å². The van der Waals surface area contributed by atoms with Gasteiger partial charge < -0.3 is 5.32 Å². The maximum atomic E-state index is 3.53. The first-order valence-electron chi connectivity index (χ1n) is 6.16. The van der Waals surface area contributed by atoms with Crippen LogP contribution in [-0.4, -0.2) is 31.6 Å².